The van der Waals surface area contributed by atoms with E-state index in [1.807, 2.05) is 0 Å². The van der Waals surface area contributed by atoms with Gasteiger partial charge < -0.3 is 5.11 Å². The van der Waals surface area contributed by atoms with Crippen LogP contribution in [0.15, 0.2) is 0 Å². The first kappa shape index (κ1) is 16.4. The van der Waals surface area contributed by atoms with Gasteiger partial charge in [0.1, 0.15) is 0 Å². The normalized spacial score (nSPS) is 55.8. The van der Waals surface area contributed by atoms with Crippen LogP contribution in [0.4, 0.5) is 0 Å². The lowest BCUT2D eigenvalue weighted by Crippen LogP contribution is -2.56. The lowest BCUT2D eigenvalue weighted by Gasteiger charge is -2.61. The maximum Gasteiger partial charge on any atom is 0.0703 e. The summed E-state index contributed by atoms with van der Waals surface area (Å²) in [7, 11) is 0. The summed E-state index contributed by atoms with van der Waals surface area (Å²) >= 11 is 0. The molecular weight excluding hydrogens is 280 g/mol. The summed E-state index contributed by atoms with van der Waals surface area (Å²) in [4.78, 5) is 0. The molecule has 1 heteroatoms. The zero-order valence-corrected chi connectivity index (χ0v) is 15.7. The Bertz CT molecular complexity index is 459. The minimum absolute atomic E-state index is 0.210. The molecule has 0 heterocycles. The second kappa shape index (κ2) is 5.48. The summed E-state index contributed by atoms with van der Waals surface area (Å²) in [5.41, 5.74) is 0.484. The van der Waals surface area contributed by atoms with Gasteiger partial charge in [-0.1, -0.05) is 40.0 Å². The Morgan fingerprint density at radius 1 is 0.870 bits per heavy atom. The van der Waals surface area contributed by atoms with Gasteiger partial charge in [0, 0.05) is 0 Å². The fourth-order valence-corrected chi connectivity index (χ4v) is 8.23. The van der Waals surface area contributed by atoms with E-state index in [0.29, 0.717) is 5.41 Å². The van der Waals surface area contributed by atoms with Gasteiger partial charge in [-0.15, -0.1) is 0 Å². The summed E-state index contributed by atoms with van der Waals surface area (Å²) in [6.07, 6.45) is 16.1. The SMILES string of the molecule is CCC[C@]1(O)CC[C@@H]2[C@@H]3CC[C@H]4CCCC[C@]4(C)[C@@H]3CC[C@@]21C. The van der Waals surface area contributed by atoms with Crippen LogP contribution in [0.5, 0.6) is 0 Å². The van der Waals surface area contributed by atoms with Gasteiger partial charge >= 0.3 is 0 Å². The molecule has 4 saturated carbocycles. The third-order valence-electron chi connectivity index (χ3n) is 9.57. The molecule has 1 N–H and O–H groups in total. The molecule has 0 spiro atoms. The minimum Gasteiger partial charge on any atom is -0.389 e. The van der Waals surface area contributed by atoms with Crippen molar-refractivity contribution in [3.63, 3.8) is 0 Å². The number of hydrogen-bond acceptors (Lipinski definition) is 1. The van der Waals surface area contributed by atoms with Crippen LogP contribution >= 0.6 is 0 Å². The topological polar surface area (TPSA) is 20.2 Å². The van der Waals surface area contributed by atoms with Crippen molar-refractivity contribution in [2.24, 2.45) is 34.5 Å². The van der Waals surface area contributed by atoms with E-state index in [-0.39, 0.29) is 11.0 Å². The first-order valence-corrected chi connectivity index (χ1v) is 10.7. The van der Waals surface area contributed by atoms with E-state index in [9.17, 15) is 5.11 Å². The van der Waals surface area contributed by atoms with Crippen LogP contribution in [0.2, 0.25) is 0 Å². The van der Waals surface area contributed by atoms with Crippen molar-refractivity contribution in [3.05, 3.63) is 0 Å². The standard InChI is InChI=1S/C22H38O/c1-4-12-22(23)15-11-19-17-9-8-16-7-5-6-13-20(16,2)18(17)10-14-21(19,22)3/h16-19,23H,4-15H2,1-3H3/t16-,17-,18-,19-,20+,21+,22+/m1/s1. The fraction of sp³-hybridized carbons (Fsp3) is 1.00. The Kier molecular flexibility index (Phi) is 3.91. The highest BCUT2D eigenvalue weighted by Crippen LogP contribution is 2.68. The van der Waals surface area contributed by atoms with Gasteiger partial charge in [-0.2, -0.15) is 0 Å². The summed E-state index contributed by atoms with van der Waals surface area (Å²) in [5.74, 6) is 3.69. The smallest absolute Gasteiger partial charge is 0.0703 e. The molecule has 0 aromatic carbocycles. The largest absolute Gasteiger partial charge is 0.389 e. The van der Waals surface area contributed by atoms with E-state index in [0.717, 1.165) is 42.9 Å². The first-order chi connectivity index (χ1) is 10.9. The van der Waals surface area contributed by atoms with Crippen LogP contribution in [0.25, 0.3) is 0 Å². The molecule has 0 bridgehead atoms. The van der Waals surface area contributed by atoms with Crippen molar-refractivity contribution in [1.82, 2.24) is 0 Å². The van der Waals surface area contributed by atoms with Crippen molar-refractivity contribution < 1.29 is 5.11 Å². The van der Waals surface area contributed by atoms with Gasteiger partial charge in [0.25, 0.3) is 0 Å². The average Bonchev–Trinajstić information content (AvgIpc) is 2.79. The third-order valence-corrected chi connectivity index (χ3v) is 9.57. The number of rotatable bonds is 2. The quantitative estimate of drug-likeness (QED) is 0.667. The van der Waals surface area contributed by atoms with E-state index in [1.165, 1.54) is 57.8 Å². The van der Waals surface area contributed by atoms with E-state index in [4.69, 9.17) is 0 Å². The summed E-state index contributed by atoms with van der Waals surface area (Å²) in [6.45, 7) is 7.36. The molecule has 4 aliphatic carbocycles. The second-order valence-corrected chi connectivity index (χ2v) is 10.2. The van der Waals surface area contributed by atoms with E-state index in [1.54, 1.807) is 0 Å². The minimum atomic E-state index is -0.359. The molecule has 4 rings (SSSR count). The first-order valence-electron chi connectivity index (χ1n) is 10.7. The van der Waals surface area contributed by atoms with Gasteiger partial charge in [-0.3, -0.25) is 0 Å². The molecule has 4 aliphatic rings. The summed E-state index contributed by atoms with van der Waals surface area (Å²) in [6, 6.07) is 0. The Morgan fingerprint density at radius 2 is 1.65 bits per heavy atom. The van der Waals surface area contributed by atoms with Crippen LogP contribution in [0.3, 0.4) is 0 Å². The predicted molar refractivity (Wildman–Crippen MR) is 96.2 cm³/mol. The van der Waals surface area contributed by atoms with Gasteiger partial charge in [0.05, 0.1) is 5.60 Å². The molecule has 0 aromatic rings. The maximum atomic E-state index is 11.4. The van der Waals surface area contributed by atoms with E-state index >= 15 is 0 Å². The fourth-order valence-electron chi connectivity index (χ4n) is 8.23. The molecule has 4 fully saturated rings. The zero-order valence-electron chi connectivity index (χ0n) is 15.7. The number of hydrogen-bond donors (Lipinski definition) is 1. The van der Waals surface area contributed by atoms with Crippen molar-refractivity contribution >= 4 is 0 Å². The molecule has 0 unspecified atom stereocenters. The van der Waals surface area contributed by atoms with E-state index < -0.39 is 0 Å². The lowest BCUT2D eigenvalue weighted by molar-refractivity contribution is -0.153. The Balaban J connectivity index is 1.63. The van der Waals surface area contributed by atoms with Gasteiger partial charge in [-0.05, 0) is 92.3 Å². The highest BCUT2D eigenvalue weighted by Gasteiger charge is 2.63. The summed E-state index contributed by atoms with van der Waals surface area (Å²) in [5, 5.41) is 11.4. The predicted octanol–water partition coefficient (Wildman–Crippen LogP) is 5.95. The Hall–Kier alpha value is -0.0400. The van der Waals surface area contributed by atoms with Crippen LogP contribution in [0.1, 0.15) is 97.8 Å². The number of fused-ring (bicyclic) bond motifs is 5. The Morgan fingerprint density at radius 3 is 2.43 bits per heavy atom. The van der Waals surface area contributed by atoms with Crippen LogP contribution in [-0.2, 0) is 0 Å². The highest BCUT2D eigenvalue weighted by atomic mass is 16.3. The van der Waals surface area contributed by atoms with E-state index in [2.05, 4.69) is 20.8 Å². The molecule has 1 nitrogen and oxygen atoms in total. The van der Waals surface area contributed by atoms with Crippen LogP contribution in [0, 0.1) is 34.5 Å². The van der Waals surface area contributed by atoms with Crippen molar-refractivity contribution in [3.8, 4) is 0 Å². The van der Waals surface area contributed by atoms with Crippen molar-refractivity contribution in [2.75, 3.05) is 0 Å². The monoisotopic (exact) mass is 318 g/mol. The zero-order chi connectivity index (χ0) is 16.3. The van der Waals surface area contributed by atoms with Crippen LogP contribution in [-0.4, -0.2) is 10.7 Å². The van der Waals surface area contributed by atoms with Crippen molar-refractivity contribution in [1.29, 1.82) is 0 Å². The lowest BCUT2D eigenvalue weighted by atomic mass is 9.44. The molecule has 0 amide bonds. The van der Waals surface area contributed by atoms with Gasteiger partial charge in [0.2, 0.25) is 0 Å². The maximum absolute atomic E-state index is 11.4. The third kappa shape index (κ3) is 2.14. The average molecular weight is 319 g/mol. The summed E-state index contributed by atoms with van der Waals surface area (Å²) < 4.78 is 0. The molecule has 132 valence electrons. The molecule has 0 aromatic heterocycles. The van der Waals surface area contributed by atoms with Gasteiger partial charge in [-0.25, -0.2) is 0 Å². The number of aliphatic hydroxyl groups is 1. The molecule has 23 heavy (non-hydrogen) atoms. The molecule has 7 atom stereocenters. The molecule has 0 saturated heterocycles. The molecule has 0 aliphatic heterocycles. The van der Waals surface area contributed by atoms with Gasteiger partial charge in [0.15, 0.2) is 0 Å². The second-order valence-electron chi connectivity index (χ2n) is 10.2. The molecule has 0 radical (unpaired) electrons. The Labute approximate surface area is 143 Å². The highest BCUT2D eigenvalue weighted by molar-refractivity contribution is 5.13. The van der Waals surface area contributed by atoms with Crippen LogP contribution < -0.4 is 0 Å². The van der Waals surface area contributed by atoms with Crippen molar-refractivity contribution in [2.45, 2.75) is 103 Å². The molecular formula is C22H38O.